The molecule has 1 aliphatic heterocycles. The van der Waals surface area contributed by atoms with Gasteiger partial charge in [0.2, 0.25) is 21.9 Å². The monoisotopic (exact) mass is 559 g/mol. The number of hydrogen-bond donors (Lipinski definition) is 1. The van der Waals surface area contributed by atoms with E-state index in [0.717, 1.165) is 20.9 Å². The number of fused-ring (bicyclic) bond motifs is 1. The Labute approximate surface area is 207 Å². The summed E-state index contributed by atoms with van der Waals surface area (Å²) in [6.45, 7) is 10.6. The van der Waals surface area contributed by atoms with Gasteiger partial charge in [-0.05, 0) is 22.0 Å². The number of hydrogen-bond acceptors (Lipinski definition) is 9. The van der Waals surface area contributed by atoms with E-state index in [1.807, 2.05) is 33.1 Å². The first-order valence-corrected chi connectivity index (χ1v) is 14.2. The third-order valence-electron chi connectivity index (χ3n) is 4.27. The van der Waals surface area contributed by atoms with Gasteiger partial charge in [0.1, 0.15) is 11.2 Å². The Bertz CT molecular complexity index is 1160. The summed E-state index contributed by atoms with van der Waals surface area (Å²) in [5.41, 5.74) is 2.39. The van der Waals surface area contributed by atoms with Crippen LogP contribution >= 0.6 is 27.3 Å². The van der Waals surface area contributed by atoms with Crippen molar-refractivity contribution in [3.8, 4) is 17.1 Å². The van der Waals surface area contributed by atoms with E-state index < -0.39 is 10.0 Å². The van der Waals surface area contributed by atoms with E-state index in [2.05, 4.69) is 30.5 Å². The van der Waals surface area contributed by atoms with Crippen molar-refractivity contribution in [1.82, 2.24) is 15.0 Å². The summed E-state index contributed by atoms with van der Waals surface area (Å²) in [4.78, 5) is 15.9. The van der Waals surface area contributed by atoms with Gasteiger partial charge in [-0.3, -0.25) is 4.72 Å². The van der Waals surface area contributed by atoms with Crippen LogP contribution in [0.2, 0.25) is 0 Å². The number of nitrogens with one attached hydrogen (secondary N) is 1. The second-order valence-electron chi connectivity index (χ2n) is 6.39. The number of pyridine rings is 1. The second kappa shape index (κ2) is 12.4. The van der Waals surface area contributed by atoms with Crippen molar-refractivity contribution in [2.24, 2.45) is 0 Å². The number of aromatic nitrogens is 3. The van der Waals surface area contributed by atoms with Gasteiger partial charge >= 0.3 is 0 Å². The molecule has 0 unspecified atom stereocenters. The van der Waals surface area contributed by atoms with Crippen molar-refractivity contribution < 1.29 is 17.9 Å². The third kappa shape index (κ3) is 6.75. The molecule has 0 bridgehead atoms. The molecule has 4 rings (SSSR count). The van der Waals surface area contributed by atoms with Crippen LogP contribution in [0.15, 0.2) is 22.1 Å². The number of halogens is 1. The van der Waals surface area contributed by atoms with E-state index in [4.69, 9.17) is 19.4 Å². The molecule has 0 atom stereocenters. The zero-order valence-corrected chi connectivity index (χ0v) is 22.9. The number of methoxy groups -OCH3 is 1. The maximum absolute atomic E-state index is 11.8. The number of anilines is 2. The van der Waals surface area contributed by atoms with Crippen molar-refractivity contribution in [3.63, 3.8) is 0 Å². The zero-order chi connectivity index (χ0) is 24.6. The average molecular weight is 561 g/mol. The molecule has 0 aliphatic carbocycles. The number of nitrogens with zero attached hydrogens (tertiary/aromatic N) is 4. The minimum Gasteiger partial charge on any atom is -0.480 e. The molecule has 0 aromatic carbocycles. The minimum atomic E-state index is -3.50. The third-order valence-corrected chi connectivity index (χ3v) is 6.74. The maximum Gasteiger partial charge on any atom is 0.238 e. The lowest BCUT2D eigenvalue weighted by molar-refractivity contribution is 0.122. The summed E-state index contributed by atoms with van der Waals surface area (Å²) in [5, 5.41) is 1.96. The molecule has 4 heterocycles. The molecule has 12 heteroatoms. The Morgan fingerprint density at radius 1 is 1.18 bits per heavy atom. The van der Waals surface area contributed by atoms with Crippen LogP contribution in [-0.2, 0) is 14.8 Å². The Hall–Kier alpha value is -2.02. The van der Waals surface area contributed by atoms with Crippen LogP contribution in [0.25, 0.3) is 21.5 Å². The van der Waals surface area contributed by atoms with Gasteiger partial charge in [-0.25, -0.2) is 23.4 Å². The lowest BCUT2D eigenvalue weighted by atomic mass is 10.2. The van der Waals surface area contributed by atoms with Crippen LogP contribution in [0.5, 0.6) is 5.88 Å². The highest BCUT2D eigenvalue weighted by Gasteiger charge is 2.21. The van der Waals surface area contributed by atoms with Crippen molar-refractivity contribution in [1.29, 1.82) is 0 Å². The molecule has 0 spiro atoms. The highest BCUT2D eigenvalue weighted by atomic mass is 79.9. The van der Waals surface area contributed by atoms with Crippen molar-refractivity contribution >= 4 is 59.1 Å². The van der Waals surface area contributed by atoms with E-state index in [9.17, 15) is 8.42 Å². The highest BCUT2D eigenvalue weighted by molar-refractivity contribution is 9.10. The standard InChI is InChI=1S/C17H18BrN5O4S2.2C2H6/c1-26-16-12(22-29(2,24)25)7-10(8-19-16)13-15-14(11(18)9-28-15)21-17(20-13)23-3-5-27-6-4-23;2*1-2/h7-9,22H,3-6H2,1-2H3;2*1-2H3. The normalized spacial score (nSPS) is 13.5. The van der Waals surface area contributed by atoms with Crippen molar-refractivity contribution in [2.75, 3.05) is 49.3 Å². The molecule has 1 N–H and O–H groups in total. The number of sulfonamides is 1. The number of morpholine rings is 1. The van der Waals surface area contributed by atoms with E-state index in [0.29, 0.717) is 43.5 Å². The number of thiophene rings is 1. The van der Waals surface area contributed by atoms with Gasteiger partial charge in [0.25, 0.3) is 0 Å². The molecule has 33 heavy (non-hydrogen) atoms. The predicted octanol–water partition coefficient (Wildman–Crippen LogP) is 4.78. The van der Waals surface area contributed by atoms with Crippen LogP contribution < -0.4 is 14.4 Å². The quantitative estimate of drug-likeness (QED) is 0.475. The van der Waals surface area contributed by atoms with Gasteiger partial charge in [0.05, 0.1) is 41.4 Å². The van der Waals surface area contributed by atoms with Gasteiger partial charge in [-0.15, -0.1) is 11.3 Å². The molecule has 1 aliphatic rings. The SMILES string of the molecule is CC.CC.COc1ncc(-c2nc(N3CCOCC3)nc3c(Br)csc23)cc1NS(C)(=O)=O. The molecule has 1 saturated heterocycles. The van der Waals surface area contributed by atoms with E-state index in [1.165, 1.54) is 18.4 Å². The van der Waals surface area contributed by atoms with Crippen molar-refractivity contribution in [3.05, 3.63) is 22.1 Å². The van der Waals surface area contributed by atoms with Crippen LogP contribution in [0.4, 0.5) is 11.6 Å². The van der Waals surface area contributed by atoms with E-state index in [-0.39, 0.29) is 11.6 Å². The molecule has 0 saturated carbocycles. The number of ether oxygens (including phenoxy) is 2. The fourth-order valence-electron chi connectivity index (χ4n) is 3.00. The average Bonchev–Trinajstić information content (AvgIpc) is 3.21. The first-order valence-electron chi connectivity index (χ1n) is 10.7. The lowest BCUT2D eigenvalue weighted by Gasteiger charge is -2.27. The summed E-state index contributed by atoms with van der Waals surface area (Å²) in [7, 11) is -2.07. The lowest BCUT2D eigenvalue weighted by Crippen LogP contribution is -2.37. The van der Waals surface area contributed by atoms with Crippen LogP contribution in [-0.4, -0.2) is 63.0 Å². The molecular weight excluding hydrogens is 530 g/mol. The molecule has 3 aromatic heterocycles. The van der Waals surface area contributed by atoms with Crippen LogP contribution in [0, 0.1) is 0 Å². The Morgan fingerprint density at radius 3 is 2.45 bits per heavy atom. The molecule has 3 aromatic rings. The molecule has 182 valence electrons. The molecule has 0 amide bonds. The fraction of sp³-hybridized carbons (Fsp3) is 0.476. The second-order valence-corrected chi connectivity index (χ2v) is 9.87. The van der Waals surface area contributed by atoms with E-state index in [1.54, 1.807) is 12.3 Å². The summed E-state index contributed by atoms with van der Waals surface area (Å²) < 4.78 is 38.3. The van der Waals surface area contributed by atoms with Gasteiger partial charge in [-0.1, -0.05) is 27.7 Å². The van der Waals surface area contributed by atoms with Crippen LogP contribution in [0.3, 0.4) is 0 Å². The molecular formula is C21H30BrN5O4S2. The van der Waals surface area contributed by atoms with E-state index >= 15 is 0 Å². The highest BCUT2D eigenvalue weighted by Crippen LogP contribution is 2.38. The molecule has 1 fully saturated rings. The Kier molecular flexibility index (Phi) is 10.3. The fourth-order valence-corrected chi connectivity index (χ4v) is 5.12. The predicted molar refractivity (Wildman–Crippen MR) is 139 cm³/mol. The molecule has 9 nitrogen and oxygen atoms in total. The van der Waals surface area contributed by atoms with Crippen molar-refractivity contribution in [2.45, 2.75) is 27.7 Å². The van der Waals surface area contributed by atoms with Gasteiger partial charge in [0.15, 0.2) is 0 Å². The summed E-state index contributed by atoms with van der Waals surface area (Å²) >= 11 is 5.07. The maximum atomic E-state index is 11.8. The van der Waals surface area contributed by atoms with Crippen LogP contribution in [0.1, 0.15) is 27.7 Å². The first kappa shape index (κ1) is 27.2. The largest absolute Gasteiger partial charge is 0.480 e. The summed E-state index contributed by atoms with van der Waals surface area (Å²) in [6.07, 6.45) is 2.69. The summed E-state index contributed by atoms with van der Waals surface area (Å²) in [6, 6.07) is 1.67. The zero-order valence-electron chi connectivity index (χ0n) is 19.7. The first-order chi connectivity index (χ1) is 15.9. The number of rotatable bonds is 5. The van der Waals surface area contributed by atoms with Gasteiger partial charge in [-0.2, -0.15) is 0 Å². The summed E-state index contributed by atoms with van der Waals surface area (Å²) in [5.74, 6) is 0.786. The van der Waals surface area contributed by atoms with Gasteiger partial charge < -0.3 is 14.4 Å². The smallest absolute Gasteiger partial charge is 0.238 e. The Balaban J connectivity index is 0.000000914. The molecule has 0 radical (unpaired) electrons. The minimum absolute atomic E-state index is 0.185. The Morgan fingerprint density at radius 2 is 1.85 bits per heavy atom. The topological polar surface area (TPSA) is 107 Å². The van der Waals surface area contributed by atoms with Gasteiger partial charge in [0, 0.05) is 30.2 Å².